The Hall–Kier alpha value is 0.00870. The summed E-state index contributed by atoms with van der Waals surface area (Å²) in [6.07, 6.45) is 10.3. The predicted octanol–water partition coefficient (Wildman–Crippen LogP) is 4.35. The molecular weight excluding hydrogens is 343 g/mol. The van der Waals surface area contributed by atoms with E-state index in [1.165, 1.54) is 44.6 Å². The van der Waals surface area contributed by atoms with Crippen LogP contribution in [0.3, 0.4) is 0 Å². The standard InChI is InChI=1S/C4H6O2.3C4H10.Sn/c1-2-3-4(5)6;3*1-3-4-2;/h2-3H,1H3,(H,5,6);3*3-4H2,1-2H3;/p-1/b3-2+;;;;. The second-order valence-corrected chi connectivity index (χ2v) is 3.82. The molecule has 2 nitrogen and oxygen atoms in total. The molecular formula is C16H35O2Sn-. The van der Waals surface area contributed by atoms with Gasteiger partial charge in [0.25, 0.3) is 0 Å². The van der Waals surface area contributed by atoms with Gasteiger partial charge in [0.15, 0.2) is 0 Å². The van der Waals surface area contributed by atoms with E-state index in [-0.39, 0.29) is 23.9 Å². The summed E-state index contributed by atoms with van der Waals surface area (Å²) in [6, 6.07) is 0. The molecule has 0 atom stereocenters. The van der Waals surface area contributed by atoms with Gasteiger partial charge in [0.05, 0.1) is 5.97 Å². The first kappa shape index (κ1) is 31.4. The minimum absolute atomic E-state index is 0. The molecule has 0 aromatic carbocycles. The smallest absolute Gasteiger partial charge is 0.0639 e. The summed E-state index contributed by atoms with van der Waals surface area (Å²) in [6.45, 7) is 14.7. The summed E-state index contributed by atoms with van der Waals surface area (Å²) in [4.78, 5) is 9.40. The van der Waals surface area contributed by atoms with E-state index < -0.39 is 5.97 Å². The molecule has 0 aromatic rings. The van der Waals surface area contributed by atoms with Crippen LogP contribution >= 0.6 is 0 Å². The third-order valence-corrected chi connectivity index (χ3v) is 1.80. The Morgan fingerprint density at radius 1 is 0.789 bits per heavy atom. The van der Waals surface area contributed by atoms with Crippen LogP contribution in [0.4, 0.5) is 0 Å². The second-order valence-electron chi connectivity index (χ2n) is 3.82. The molecule has 0 heterocycles. The Morgan fingerprint density at radius 2 is 1.00 bits per heavy atom. The van der Waals surface area contributed by atoms with E-state index in [4.69, 9.17) is 0 Å². The molecule has 0 unspecified atom stereocenters. The Morgan fingerprint density at radius 3 is 1.00 bits per heavy atom. The Labute approximate surface area is 139 Å². The maximum Gasteiger partial charge on any atom is 0.0639 e. The molecule has 3 heteroatoms. The van der Waals surface area contributed by atoms with Crippen molar-refractivity contribution in [1.29, 1.82) is 0 Å². The molecule has 0 fully saturated rings. The summed E-state index contributed by atoms with van der Waals surface area (Å²) in [5.41, 5.74) is 0. The molecule has 0 saturated carbocycles. The van der Waals surface area contributed by atoms with Gasteiger partial charge >= 0.3 is 0 Å². The van der Waals surface area contributed by atoms with Crippen LogP contribution in [0, 0.1) is 0 Å². The molecule has 0 aliphatic heterocycles. The maximum absolute atomic E-state index is 9.40. The molecule has 0 bridgehead atoms. The molecule has 4 radical (unpaired) electrons. The molecule has 0 N–H and O–H groups in total. The van der Waals surface area contributed by atoms with Gasteiger partial charge < -0.3 is 9.90 Å². The first-order valence-corrected chi connectivity index (χ1v) is 7.35. The average Bonchev–Trinajstić information content (AvgIpc) is 2.39. The first-order valence-electron chi connectivity index (χ1n) is 7.35. The number of allylic oxidation sites excluding steroid dienone is 1. The Bertz CT molecular complexity index is 130. The number of carboxylic acid groups (broad SMARTS) is 1. The summed E-state index contributed by atoms with van der Waals surface area (Å²) in [5.74, 6) is -1.14. The molecule has 0 saturated heterocycles. The number of unbranched alkanes of at least 4 members (excludes halogenated alkanes) is 3. The molecule has 0 aliphatic rings. The fourth-order valence-electron chi connectivity index (χ4n) is 0.136. The van der Waals surface area contributed by atoms with E-state index in [2.05, 4.69) is 41.5 Å². The van der Waals surface area contributed by atoms with Crippen molar-refractivity contribution in [3.05, 3.63) is 12.2 Å². The Kier molecular flexibility index (Phi) is 71.1. The monoisotopic (exact) mass is 379 g/mol. The van der Waals surface area contributed by atoms with Crippen LogP contribution in [-0.2, 0) is 4.79 Å². The summed E-state index contributed by atoms with van der Waals surface area (Å²) >= 11 is 0. The number of rotatable bonds is 4. The average molecular weight is 378 g/mol. The molecule has 0 aliphatic carbocycles. The first-order chi connectivity index (χ1) is 8.51. The van der Waals surface area contributed by atoms with Gasteiger partial charge in [-0.15, -0.1) is 0 Å². The Balaban J connectivity index is -0.0000000459. The van der Waals surface area contributed by atoms with E-state index in [1.807, 2.05) is 0 Å². The van der Waals surface area contributed by atoms with Crippen molar-refractivity contribution in [3.63, 3.8) is 0 Å². The maximum atomic E-state index is 9.40. The molecule has 116 valence electrons. The SMILES string of the molecule is C/C=C/C(=O)[O-].CCCC.CCCC.CCCC.[Sn]. The van der Waals surface area contributed by atoms with Gasteiger partial charge in [0.1, 0.15) is 0 Å². The van der Waals surface area contributed by atoms with Crippen molar-refractivity contribution in [3.8, 4) is 0 Å². The largest absolute Gasteiger partial charge is 0.545 e. The normalized spacial score (nSPS) is 7.74. The number of carbonyl (C=O) groups is 1. The number of hydrogen-bond donors (Lipinski definition) is 0. The fraction of sp³-hybridized carbons (Fsp3) is 0.812. The zero-order valence-corrected chi connectivity index (χ0v) is 17.1. The fourth-order valence-corrected chi connectivity index (χ4v) is 0.136. The molecule has 0 aromatic heterocycles. The van der Waals surface area contributed by atoms with Gasteiger partial charge in [-0.25, -0.2) is 0 Å². The van der Waals surface area contributed by atoms with E-state index in [0.29, 0.717) is 0 Å². The zero-order chi connectivity index (χ0) is 15.2. The predicted molar refractivity (Wildman–Crippen MR) is 87.3 cm³/mol. The van der Waals surface area contributed by atoms with Crippen LogP contribution in [-0.4, -0.2) is 29.9 Å². The molecule has 0 rings (SSSR count). The third-order valence-electron chi connectivity index (χ3n) is 1.80. The van der Waals surface area contributed by atoms with Gasteiger partial charge in [0.2, 0.25) is 0 Å². The zero-order valence-electron chi connectivity index (χ0n) is 14.2. The van der Waals surface area contributed by atoms with Gasteiger partial charge in [-0.1, -0.05) is 86.1 Å². The quantitative estimate of drug-likeness (QED) is 0.539. The topological polar surface area (TPSA) is 40.1 Å². The van der Waals surface area contributed by atoms with E-state index in [1.54, 1.807) is 6.92 Å². The number of hydrogen-bond acceptors (Lipinski definition) is 2. The van der Waals surface area contributed by atoms with Crippen LogP contribution in [0.15, 0.2) is 12.2 Å². The third kappa shape index (κ3) is 128. The van der Waals surface area contributed by atoms with Crippen molar-refractivity contribution in [2.24, 2.45) is 0 Å². The van der Waals surface area contributed by atoms with Crippen molar-refractivity contribution in [2.45, 2.75) is 87.0 Å². The van der Waals surface area contributed by atoms with Crippen LogP contribution in [0.25, 0.3) is 0 Å². The second kappa shape index (κ2) is 43.0. The summed E-state index contributed by atoms with van der Waals surface area (Å²) in [5, 5.41) is 9.40. The van der Waals surface area contributed by atoms with Gasteiger partial charge in [-0.2, -0.15) is 0 Å². The van der Waals surface area contributed by atoms with Crippen molar-refractivity contribution in [2.75, 3.05) is 0 Å². The van der Waals surface area contributed by atoms with Gasteiger partial charge in [0, 0.05) is 23.9 Å². The van der Waals surface area contributed by atoms with E-state index in [9.17, 15) is 9.90 Å². The summed E-state index contributed by atoms with van der Waals surface area (Å²) in [7, 11) is 0. The van der Waals surface area contributed by atoms with Crippen LogP contribution < -0.4 is 5.11 Å². The van der Waals surface area contributed by atoms with Crippen molar-refractivity contribution >= 4 is 29.9 Å². The molecule has 0 spiro atoms. The number of carboxylic acids is 1. The molecule has 0 amide bonds. The minimum atomic E-state index is -1.14. The number of aliphatic carboxylic acids is 1. The minimum Gasteiger partial charge on any atom is -0.545 e. The van der Waals surface area contributed by atoms with E-state index >= 15 is 0 Å². The van der Waals surface area contributed by atoms with Gasteiger partial charge in [-0.3, -0.25) is 0 Å². The number of carbonyl (C=O) groups excluding carboxylic acids is 1. The van der Waals surface area contributed by atoms with Crippen LogP contribution in [0.5, 0.6) is 0 Å². The van der Waals surface area contributed by atoms with Crippen LogP contribution in [0.2, 0.25) is 0 Å². The van der Waals surface area contributed by atoms with Crippen molar-refractivity contribution in [1.82, 2.24) is 0 Å². The van der Waals surface area contributed by atoms with Gasteiger partial charge in [-0.05, 0) is 13.0 Å². The summed E-state index contributed by atoms with van der Waals surface area (Å²) < 4.78 is 0. The molecule has 19 heavy (non-hydrogen) atoms. The van der Waals surface area contributed by atoms with Crippen LogP contribution in [0.1, 0.15) is 87.0 Å². The van der Waals surface area contributed by atoms with E-state index in [0.717, 1.165) is 6.08 Å². The van der Waals surface area contributed by atoms with Crippen molar-refractivity contribution < 1.29 is 9.90 Å².